The Labute approximate surface area is 257 Å². The Morgan fingerprint density at radius 2 is 1.24 bits per heavy atom. The molecule has 2 fully saturated rings. The van der Waals surface area contributed by atoms with Crippen molar-refractivity contribution in [3.05, 3.63) is 40.0 Å². The SMILES string of the molecule is C[C@H]1O[C@@H]2CC(=O)O[C@@H]2C2=C1C(=O)C1C(=O)C(c3cc(O)c4c(O)c5c(c(O)c4c3O)[C@@H](C)O[C@@H]3CC(=O)O[C@H]53)=CC(=O)C1C2=O. The number of hydrogen-bond donors (Lipinski definition) is 4. The summed E-state index contributed by atoms with van der Waals surface area (Å²) in [5.41, 5.74) is -1.36. The van der Waals surface area contributed by atoms with Gasteiger partial charge in [0.05, 0.1) is 35.8 Å². The van der Waals surface area contributed by atoms with Gasteiger partial charge in [0.1, 0.15) is 47.0 Å². The van der Waals surface area contributed by atoms with Crippen LogP contribution in [0, 0.1) is 11.8 Å². The second-order valence-corrected chi connectivity index (χ2v) is 12.3. The van der Waals surface area contributed by atoms with Crippen LogP contribution < -0.4 is 0 Å². The van der Waals surface area contributed by atoms with Crippen LogP contribution in [0.5, 0.6) is 23.0 Å². The topological polar surface area (TPSA) is 220 Å². The molecule has 0 bridgehead atoms. The fraction of sp³-hybridized carbons (Fsp3) is 0.375. The van der Waals surface area contributed by atoms with E-state index in [-0.39, 0.29) is 35.1 Å². The van der Waals surface area contributed by atoms with Gasteiger partial charge in [-0.05, 0) is 26.0 Å². The zero-order valence-electron chi connectivity index (χ0n) is 24.1. The van der Waals surface area contributed by atoms with E-state index < -0.39 is 128 Å². The number of hydrogen-bond acceptors (Lipinski definition) is 14. The first-order chi connectivity index (χ1) is 21.8. The monoisotopic (exact) mass is 632 g/mol. The van der Waals surface area contributed by atoms with E-state index in [0.29, 0.717) is 0 Å². The largest absolute Gasteiger partial charge is 0.507 e. The molecule has 2 aromatic rings. The van der Waals surface area contributed by atoms with Gasteiger partial charge in [-0.3, -0.25) is 28.8 Å². The Hall–Kier alpha value is -5.08. The molecule has 0 aromatic heterocycles. The van der Waals surface area contributed by atoms with E-state index in [4.69, 9.17) is 18.9 Å². The fourth-order valence-corrected chi connectivity index (χ4v) is 7.88. The first-order valence-electron chi connectivity index (χ1n) is 14.6. The molecule has 4 aliphatic heterocycles. The van der Waals surface area contributed by atoms with Crippen LogP contribution in [0.4, 0.5) is 0 Å². The summed E-state index contributed by atoms with van der Waals surface area (Å²) in [6.07, 6.45) is -5.27. The van der Waals surface area contributed by atoms with Gasteiger partial charge < -0.3 is 39.4 Å². The summed E-state index contributed by atoms with van der Waals surface area (Å²) in [6.45, 7) is 3.02. The summed E-state index contributed by atoms with van der Waals surface area (Å²) >= 11 is 0. The van der Waals surface area contributed by atoms with Crippen molar-refractivity contribution < 1.29 is 68.1 Å². The number of phenolic OH excluding ortho intramolecular Hbond substituents is 4. The predicted molar refractivity (Wildman–Crippen MR) is 148 cm³/mol. The smallest absolute Gasteiger partial charge is 0.309 e. The molecule has 8 rings (SSSR count). The Morgan fingerprint density at radius 3 is 1.93 bits per heavy atom. The van der Waals surface area contributed by atoms with Crippen LogP contribution >= 0.6 is 0 Å². The molecular formula is C32H24O14. The van der Waals surface area contributed by atoms with Crippen molar-refractivity contribution in [3.8, 4) is 23.0 Å². The summed E-state index contributed by atoms with van der Waals surface area (Å²) < 4.78 is 22.2. The fourth-order valence-electron chi connectivity index (χ4n) is 7.88. The third-order valence-corrected chi connectivity index (χ3v) is 9.77. The molecule has 4 N–H and O–H groups in total. The molecule has 2 aromatic carbocycles. The number of rotatable bonds is 1. The van der Waals surface area contributed by atoms with Crippen LogP contribution in [0.2, 0.25) is 0 Å². The quantitative estimate of drug-likeness (QED) is 0.199. The average molecular weight is 633 g/mol. The second kappa shape index (κ2) is 9.23. The molecule has 2 aliphatic carbocycles. The van der Waals surface area contributed by atoms with Crippen LogP contribution in [0.15, 0.2) is 23.3 Å². The highest BCUT2D eigenvalue weighted by Crippen LogP contribution is 2.58. The maximum Gasteiger partial charge on any atom is 0.309 e. The Kier molecular flexibility index (Phi) is 5.70. The van der Waals surface area contributed by atoms with Crippen molar-refractivity contribution in [2.75, 3.05) is 0 Å². The molecule has 0 saturated carbocycles. The van der Waals surface area contributed by atoms with Crippen LogP contribution in [0.1, 0.15) is 55.6 Å². The number of ether oxygens (including phenoxy) is 4. The van der Waals surface area contributed by atoms with Crippen LogP contribution in [-0.2, 0) is 47.7 Å². The number of allylic oxidation sites excluding steroid dienone is 2. The molecule has 46 heavy (non-hydrogen) atoms. The molecule has 0 radical (unpaired) electrons. The van der Waals surface area contributed by atoms with Crippen molar-refractivity contribution in [2.24, 2.45) is 11.8 Å². The van der Waals surface area contributed by atoms with Gasteiger partial charge in [0.25, 0.3) is 0 Å². The molecule has 8 atom stereocenters. The minimum Gasteiger partial charge on any atom is -0.507 e. The number of aromatic hydroxyl groups is 4. The van der Waals surface area contributed by atoms with Gasteiger partial charge in [0.15, 0.2) is 35.3 Å². The van der Waals surface area contributed by atoms with E-state index in [1.54, 1.807) is 0 Å². The number of carbonyl (C=O) groups excluding carboxylic acids is 6. The van der Waals surface area contributed by atoms with E-state index in [0.717, 1.165) is 12.1 Å². The highest BCUT2D eigenvalue weighted by molar-refractivity contribution is 6.41. The van der Waals surface area contributed by atoms with E-state index in [1.807, 2.05) is 0 Å². The highest BCUT2D eigenvalue weighted by atomic mass is 16.6. The molecule has 2 saturated heterocycles. The predicted octanol–water partition coefficient (Wildman–Crippen LogP) is 1.43. The maximum atomic E-state index is 14.0. The van der Waals surface area contributed by atoms with Crippen molar-refractivity contribution in [1.82, 2.24) is 0 Å². The average Bonchev–Trinajstić information content (AvgIpc) is 3.55. The lowest BCUT2D eigenvalue weighted by atomic mass is 9.63. The molecule has 4 heterocycles. The highest BCUT2D eigenvalue weighted by Gasteiger charge is 2.59. The van der Waals surface area contributed by atoms with Gasteiger partial charge in [-0.15, -0.1) is 0 Å². The van der Waals surface area contributed by atoms with Crippen molar-refractivity contribution in [2.45, 2.75) is 63.3 Å². The first-order valence-corrected chi connectivity index (χ1v) is 14.6. The summed E-state index contributed by atoms with van der Waals surface area (Å²) in [5, 5.41) is 44.4. The van der Waals surface area contributed by atoms with Crippen LogP contribution in [-0.4, -0.2) is 79.9 Å². The maximum absolute atomic E-state index is 14.0. The van der Waals surface area contributed by atoms with E-state index in [9.17, 15) is 49.2 Å². The van der Waals surface area contributed by atoms with Gasteiger partial charge in [-0.25, -0.2) is 0 Å². The normalized spacial score (nSPS) is 33.2. The van der Waals surface area contributed by atoms with Gasteiger partial charge in [0, 0.05) is 33.4 Å². The van der Waals surface area contributed by atoms with Crippen molar-refractivity contribution in [1.29, 1.82) is 0 Å². The number of fused-ring (bicyclic) bond motifs is 7. The number of Topliss-reactive ketones (excluding diaryl/α,β-unsaturated/α-hetero) is 3. The van der Waals surface area contributed by atoms with Gasteiger partial charge in [0.2, 0.25) is 0 Å². The minimum atomic E-state index is -1.83. The summed E-state index contributed by atoms with van der Waals surface area (Å²) in [5.74, 6) is -11.3. The minimum absolute atomic E-state index is 0.0116. The van der Waals surface area contributed by atoms with Crippen molar-refractivity contribution >= 4 is 51.4 Å². The van der Waals surface area contributed by atoms with E-state index in [2.05, 4.69) is 0 Å². The lowest BCUT2D eigenvalue weighted by Gasteiger charge is -2.40. The van der Waals surface area contributed by atoms with Gasteiger partial charge in [-0.2, -0.15) is 0 Å². The second-order valence-electron chi connectivity index (χ2n) is 12.3. The molecule has 0 amide bonds. The number of phenols is 4. The summed E-state index contributed by atoms with van der Waals surface area (Å²) in [7, 11) is 0. The molecule has 0 spiro atoms. The third-order valence-electron chi connectivity index (χ3n) is 9.77. The molecular weight excluding hydrogens is 608 g/mol. The van der Waals surface area contributed by atoms with E-state index >= 15 is 0 Å². The third kappa shape index (κ3) is 3.47. The van der Waals surface area contributed by atoms with E-state index in [1.165, 1.54) is 13.8 Å². The van der Waals surface area contributed by atoms with Crippen LogP contribution in [0.25, 0.3) is 16.3 Å². The zero-order chi connectivity index (χ0) is 32.7. The Morgan fingerprint density at radius 1 is 0.652 bits per heavy atom. The van der Waals surface area contributed by atoms with Crippen molar-refractivity contribution in [3.63, 3.8) is 0 Å². The molecule has 2 unspecified atom stereocenters. The number of carbonyl (C=O) groups is 6. The molecule has 6 aliphatic rings. The number of esters is 2. The number of benzene rings is 2. The zero-order valence-corrected chi connectivity index (χ0v) is 24.1. The molecule has 14 nitrogen and oxygen atoms in total. The Bertz CT molecular complexity index is 1980. The van der Waals surface area contributed by atoms with Gasteiger partial charge in [-0.1, -0.05) is 0 Å². The molecule has 14 heteroatoms. The summed E-state index contributed by atoms with van der Waals surface area (Å²) in [4.78, 5) is 79.1. The lowest BCUT2D eigenvalue weighted by molar-refractivity contribution is -0.148. The van der Waals surface area contributed by atoms with Gasteiger partial charge >= 0.3 is 11.9 Å². The lowest BCUT2D eigenvalue weighted by Crippen LogP contribution is -2.54. The van der Waals surface area contributed by atoms with Crippen LogP contribution in [0.3, 0.4) is 0 Å². The Balaban J connectivity index is 1.27. The first kappa shape index (κ1) is 28.4. The standard InChI is InChI=1S/C32H24O14/c1-7-17-23(31-13(43-7)5-15(35)45-31)29(41)19-11(33)3-9(25(37)21(19)27(17)39)10-4-12(34)20-22(26(10)38)28(40)18-8(2)44-14-6-16(36)46-32(14)24(18)30(20)42/h3-4,7-8,13-14,19,21,31-32,34,38,40,42H,5-6H2,1-2H3/t7-,8-,13-,14-,19?,21?,31+,32+/m1/s1. The summed E-state index contributed by atoms with van der Waals surface area (Å²) in [6, 6.07) is 0.885. The number of ketones is 4. The molecule has 236 valence electrons.